The molecular weight excluding hydrogens is 314 g/mol. The summed E-state index contributed by atoms with van der Waals surface area (Å²) in [4.78, 5) is 2.46. The van der Waals surface area contributed by atoms with Gasteiger partial charge in [0.15, 0.2) is 0 Å². The number of nitrogens with one attached hydrogen (secondary N) is 1. The Morgan fingerprint density at radius 3 is 2.72 bits per heavy atom. The van der Waals surface area contributed by atoms with Gasteiger partial charge in [-0.15, -0.1) is 5.10 Å². The predicted molar refractivity (Wildman–Crippen MR) is 98.0 cm³/mol. The summed E-state index contributed by atoms with van der Waals surface area (Å²) in [6.07, 6.45) is 6.42. The minimum absolute atomic E-state index is 0.0258. The summed E-state index contributed by atoms with van der Waals surface area (Å²) in [7, 11) is 4.26. The normalized spacial score (nSPS) is 22.4. The summed E-state index contributed by atoms with van der Waals surface area (Å²) in [6.45, 7) is 9.28. The molecule has 7 heteroatoms. The third kappa shape index (κ3) is 4.10. The van der Waals surface area contributed by atoms with E-state index in [0.29, 0.717) is 12.0 Å². The van der Waals surface area contributed by atoms with Gasteiger partial charge in [0, 0.05) is 26.3 Å². The molecule has 1 aliphatic rings. The molecule has 2 aromatic rings. The van der Waals surface area contributed by atoms with Gasteiger partial charge in [-0.25, -0.2) is 4.68 Å². The second-order valence-electron chi connectivity index (χ2n) is 8.16. The van der Waals surface area contributed by atoms with Gasteiger partial charge in [0.2, 0.25) is 0 Å². The van der Waals surface area contributed by atoms with Crippen molar-refractivity contribution in [3.8, 4) is 0 Å². The molecule has 138 valence electrons. The van der Waals surface area contributed by atoms with E-state index in [4.69, 9.17) is 0 Å². The van der Waals surface area contributed by atoms with Crippen LogP contribution in [0.25, 0.3) is 0 Å². The molecule has 1 aliphatic heterocycles. The summed E-state index contributed by atoms with van der Waals surface area (Å²) in [5.74, 6) is 0.576. The summed E-state index contributed by atoms with van der Waals surface area (Å²) < 4.78 is 3.94. The van der Waals surface area contributed by atoms with Gasteiger partial charge in [0.25, 0.3) is 0 Å². The Hall–Kier alpha value is -1.73. The Labute approximate surface area is 150 Å². The quantitative estimate of drug-likeness (QED) is 0.897. The fourth-order valence-corrected chi connectivity index (χ4v) is 3.71. The molecule has 0 saturated carbocycles. The molecular formula is C18H31N7. The molecule has 0 aliphatic carbocycles. The van der Waals surface area contributed by atoms with E-state index in [0.717, 1.165) is 25.3 Å². The van der Waals surface area contributed by atoms with E-state index in [1.54, 1.807) is 0 Å². The molecule has 3 rings (SSSR count). The van der Waals surface area contributed by atoms with Gasteiger partial charge >= 0.3 is 0 Å². The van der Waals surface area contributed by atoms with Crippen molar-refractivity contribution in [2.45, 2.75) is 51.7 Å². The Morgan fingerprint density at radius 1 is 1.28 bits per heavy atom. The molecule has 0 spiro atoms. The fraction of sp³-hybridized carbons (Fsp3) is 0.722. The molecule has 2 aromatic heterocycles. The number of piperidine rings is 1. The highest BCUT2D eigenvalue weighted by Crippen LogP contribution is 2.34. The van der Waals surface area contributed by atoms with Crippen LogP contribution in [0.2, 0.25) is 0 Å². The van der Waals surface area contributed by atoms with Gasteiger partial charge in [-0.05, 0) is 59.2 Å². The Kier molecular flexibility index (Phi) is 5.24. The SMILES string of the molecule is CN1CCC[C@@H](CNCc2cn(C(C)(C)C)nn2)[C@@H]1c1ccnn1C. The highest BCUT2D eigenvalue weighted by molar-refractivity contribution is 5.10. The second-order valence-corrected chi connectivity index (χ2v) is 8.16. The van der Waals surface area contributed by atoms with Gasteiger partial charge in [0.05, 0.1) is 29.2 Å². The lowest BCUT2D eigenvalue weighted by Gasteiger charge is -2.39. The molecule has 0 unspecified atom stereocenters. The molecule has 1 saturated heterocycles. The summed E-state index contributed by atoms with van der Waals surface area (Å²) in [6, 6.07) is 2.56. The fourth-order valence-electron chi connectivity index (χ4n) is 3.71. The first-order valence-corrected chi connectivity index (χ1v) is 9.17. The lowest BCUT2D eigenvalue weighted by atomic mass is 9.87. The summed E-state index contributed by atoms with van der Waals surface area (Å²) in [5.41, 5.74) is 2.27. The lowest BCUT2D eigenvalue weighted by molar-refractivity contribution is 0.112. The molecule has 3 heterocycles. The van der Waals surface area contributed by atoms with E-state index in [1.165, 1.54) is 18.5 Å². The smallest absolute Gasteiger partial charge is 0.0965 e. The van der Waals surface area contributed by atoms with Gasteiger partial charge in [-0.1, -0.05) is 5.21 Å². The van der Waals surface area contributed by atoms with E-state index in [9.17, 15) is 0 Å². The van der Waals surface area contributed by atoms with Crippen LogP contribution in [-0.2, 0) is 19.1 Å². The third-order valence-corrected chi connectivity index (χ3v) is 5.11. The third-order valence-electron chi connectivity index (χ3n) is 5.11. The van der Waals surface area contributed by atoms with Crippen LogP contribution in [0, 0.1) is 5.92 Å². The van der Waals surface area contributed by atoms with Crippen LogP contribution < -0.4 is 5.32 Å². The first kappa shape index (κ1) is 18.1. The van der Waals surface area contributed by atoms with Gasteiger partial charge in [0.1, 0.15) is 0 Å². The van der Waals surface area contributed by atoms with E-state index >= 15 is 0 Å². The maximum atomic E-state index is 4.36. The average molecular weight is 345 g/mol. The molecule has 1 N–H and O–H groups in total. The second kappa shape index (κ2) is 7.25. The monoisotopic (exact) mass is 345 g/mol. The minimum atomic E-state index is -0.0258. The molecule has 0 radical (unpaired) electrons. The average Bonchev–Trinajstić information content (AvgIpc) is 3.16. The van der Waals surface area contributed by atoms with Crippen LogP contribution in [-0.4, -0.2) is 49.8 Å². The van der Waals surface area contributed by atoms with E-state index in [2.05, 4.69) is 59.5 Å². The maximum absolute atomic E-state index is 4.36. The van der Waals surface area contributed by atoms with Crippen LogP contribution in [0.4, 0.5) is 0 Å². The highest BCUT2D eigenvalue weighted by atomic mass is 15.4. The lowest BCUT2D eigenvalue weighted by Crippen LogP contribution is -2.41. The first-order valence-electron chi connectivity index (χ1n) is 9.17. The molecule has 1 fully saturated rings. The van der Waals surface area contributed by atoms with Crippen LogP contribution in [0.15, 0.2) is 18.5 Å². The standard InChI is InChI=1S/C18H31N7/c1-18(2,3)25-13-15(21-22-25)12-19-11-14-7-6-10-23(4)17(14)16-8-9-20-24(16)5/h8-9,13-14,17,19H,6-7,10-12H2,1-5H3/t14-,17+/m0/s1. The number of likely N-dealkylation sites (tertiary alicyclic amines) is 1. The maximum Gasteiger partial charge on any atom is 0.0965 e. The summed E-state index contributed by atoms with van der Waals surface area (Å²) in [5, 5.41) is 16.5. The Morgan fingerprint density at radius 2 is 2.08 bits per heavy atom. The van der Waals surface area contributed by atoms with Crippen LogP contribution in [0.1, 0.15) is 51.0 Å². The van der Waals surface area contributed by atoms with Crippen molar-refractivity contribution < 1.29 is 0 Å². The number of aryl methyl sites for hydroxylation is 1. The molecule has 0 aromatic carbocycles. The van der Waals surface area contributed by atoms with Crippen molar-refractivity contribution >= 4 is 0 Å². The zero-order chi connectivity index (χ0) is 18.0. The number of hydrogen-bond donors (Lipinski definition) is 1. The van der Waals surface area contributed by atoms with Gasteiger partial charge < -0.3 is 5.32 Å². The number of aromatic nitrogens is 5. The number of hydrogen-bond acceptors (Lipinski definition) is 5. The number of rotatable bonds is 5. The molecule has 0 amide bonds. The van der Waals surface area contributed by atoms with Crippen molar-refractivity contribution in [1.82, 2.24) is 35.0 Å². The predicted octanol–water partition coefficient (Wildman–Crippen LogP) is 1.94. The van der Waals surface area contributed by atoms with E-state index in [-0.39, 0.29) is 5.54 Å². The number of nitrogens with zero attached hydrogens (tertiary/aromatic N) is 6. The Bertz CT molecular complexity index is 682. The van der Waals surface area contributed by atoms with E-state index in [1.807, 2.05) is 28.8 Å². The Balaban J connectivity index is 1.61. The zero-order valence-corrected chi connectivity index (χ0v) is 16.1. The van der Waals surface area contributed by atoms with Crippen molar-refractivity contribution in [2.75, 3.05) is 20.1 Å². The zero-order valence-electron chi connectivity index (χ0n) is 16.1. The van der Waals surface area contributed by atoms with Crippen LogP contribution in [0.3, 0.4) is 0 Å². The summed E-state index contributed by atoms with van der Waals surface area (Å²) >= 11 is 0. The topological polar surface area (TPSA) is 63.8 Å². The van der Waals surface area contributed by atoms with Gasteiger partial charge in [-0.3, -0.25) is 9.58 Å². The van der Waals surface area contributed by atoms with Gasteiger partial charge in [-0.2, -0.15) is 5.10 Å². The van der Waals surface area contributed by atoms with Crippen molar-refractivity contribution in [3.05, 3.63) is 29.8 Å². The molecule has 25 heavy (non-hydrogen) atoms. The van der Waals surface area contributed by atoms with E-state index < -0.39 is 0 Å². The van der Waals surface area contributed by atoms with Crippen LogP contribution >= 0.6 is 0 Å². The van der Waals surface area contributed by atoms with Crippen molar-refractivity contribution in [1.29, 1.82) is 0 Å². The van der Waals surface area contributed by atoms with Crippen molar-refractivity contribution in [2.24, 2.45) is 13.0 Å². The molecule has 0 bridgehead atoms. The molecule has 2 atom stereocenters. The largest absolute Gasteiger partial charge is 0.311 e. The highest BCUT2D eigenvalue weighted by Gasteiger charge is 2.32. The molecule has 7 nitrogen and oxygen atoms in total. The van der Waals surface area contributed by atoms with Crippen molar-refractivity contribution in [3.63, 3.8) is 0 Å². The minimum Gasteiger partial charge on any atom is -0.311 e. The van der Waals surface area contributed by atoms with Crippen LogP contribution in [0.5, 0.6) is 0 Å². The first-order chi connectivity index (χ1) is 11.9.